The van der Waals surface area contributed by atoms with Crippen LogP contribution in [0.1, 0.15) is 64.9 Å². The molecule has 0 radical (unpaired) electrons. The van der Waals surface area contributed by atoms with Gasteiger partial charge in [-0.1, -0.05) is 33.1 Å². The number of fused-ring (bicyclic) bond motifs is 2. The molecule has 2 bridgehead atoms. The van der Waals surface area contributed by atoms with Crippen LogP contribution in [0.25, 0.3) is 0 Å². The zero-order valence-electron chi connectivity index (χ0n) is 17.1. The molecule has 29 heavy (non-hydrogen) atoms. The van der Waals surface area contributed by atoms with Gasteiger partial charge < -0.3 is 9.47 Å². The van der Waals surface area contributed by atoms with Crippen molar-refractivity contribution in [1.29, 1.82) is 0 Å². The second kappa shape index (κ2) is 8.50. The average molecular weight is 414 g/mol. The minimum absolute atomic E-state index is 0.0939. The highest BCUT2D eigenvalue weighted by atomic mass is 19.4. The van der Waals surface area contributed by atoms with Gasteiger partial charge in [-0.15, -0.1) is 0 Å². The van der Waals surface area contributed by atoms with E-state index >= 15 is 0 Å². The molecule has 1 aromatic heterocycles. The summed E-state index contributed by atoms with van der Waals surface area (Å²) >= 11 is 0. The van der Waals surface area contributed by atoms with Crippen LogP contribution in [0.4, 0.5) is 13.2 Å². The minimum Gasteiger partial charge on any atom is -0.469 e. The number of esters is 1. The zero-order chi connectivity index (χ0) is 21.2. The van der Waals surface area contributed by atoms with Gasteiger partial charge in [-0.2, -0.15) is 13.2 Å². The van der Waals surface area contributed by atoms with Crippen molar-refractivity contribution < 1.29 is 27.4 Å². The van der Waals surface area contributed by atoms with Crippen LogP contribution < -0.4 is 10.1 Å². The quantitative estimate of drug-likeness (QED) is 0.493. The van der Waals surface area contributed by atoms with Crippen LogP contribution in [-0.4, -0.2) is 28.8 Å². The summed E-state index contributed by atoms with van der Waals surface area (Å²) in [5.41, 5.74) is -1.78. The highest BCUT2D eigenvalue weighted by Crippen LogP contribution is 2.46. The summed E-state index contributed by atoms with van der Waals surface area (Å²) in [4.78, 5) is 16.5. The fourth-order valence-corrected chi connectivity index (χ4v) is 4.25. The van der Waals surface area contributed by atoms with Crippen molar-refractivity contribution in [3.05, 3.63) is 23.9 Å². The van der Waals surface area contributed by atoms with E-state index in [9.17, 15) is 18.0 Å². The number of hydrogen-bond donors (Lipinski definition) is 1. The molecule has 1 aliphatic carbocycles. The lowest BCUT2D eigenvalue weighted by atomic mass is 10.0. The van der Waals surface area contributed by atoms with Crippen molar-refractivity contribution in [2.75, 3.05) is 0 Å². The summed E-state index contributed by atoms with van der Waals surface area (Å²) < 4.78 is 50.0. The fourth-order valence-electron chi connectivity index (χ4n) is 4.25. The van der Waals surface area contributed by atoms with Crippen LogP contribution in [0, 0.1) is 11.8 Å². The first kappa shape index (κ1) is 21.9. The number of aromatic nitrogens is 1. The number of piperidine rings is 1. The summed E-state index contributed by atoms with van der Waals surface area (Å²) in [7, 11) is 0. The lowest BCUT2D eigenvalue weighted by molar-refractivity contribution is -0.177. The van der Waals surface area contributed by atoms with Crippen molar-refractivity contribution in [1.82, 2.24) is 10.3 Å². The van der Waals surface area contributed by atoms with E-state index in [1.165, 1.54) is 6.07 Å². The Morgan fingerprint density at radius 3 is 2.72 bits per heavy atom. The first-order valence-corrected chi connectivity index (χ1v) is 10.3. The van der Waals surface area contributed by atoms with Gasteiger partial charge in [0, 0.05) is 24.7 Å². The molecule has 1 saturated carbocycles. The zero-order valence-corrected chi connectivity index (χ0v) is 17.1. The van der Waals surface area contributed by atoms with Crippen molar-refractivity contribution in [3.8, 4) is 5.88 Å². The standard InChI is InChI=1S/C21H29F3N2O3/c1-4-5-6-7-13(2)19(27)29-20-11-15(14(3)26-20)10-17(20)28-18-9-8-16(12-25-18)21(22,23)24/h8-9,12-15,17,26H,4-7,10-11H2,1-3H3. The number of carbonyl (C=O) groups is 1. The van der Waals surface area contributed by atoms with Crippen LogP contribution >= 0.6 is 0 Å². The normalized spacial score (nSPS) is 29.7. The van der Waals surface area contributed by atoms with Gasteiger partial charge in [0.15, 0.2) is 6.10 Å². The van der Waals surface area contributed by atoms with Gasteiger partial charge in [0.25, 0.3) is 0 Å². The molecule has 0 aromatic carbocycles. The van der Waals surface area contributed by atoms with Gasteiger partial charge in [-0.3, -0.25) is 10.1 Å². The summed E-state index contributed by atoms with van der Waals surface area (Å²) in [6, 6.07) is 2.33. The second-order valence-corrected chi connectivity index (χ2v) is 8.33. The van der Waals surface area contributed by atoms with E-state index in [0.29, 0.717) is 12.8 Å². The van der Waals surface area contributed by atoms with E-state index in [2.05, 4.69) is 17.2 Å². The number of unbranched alkanes of at least 4 members (excludes halogenated alkanes) is 2. The van der Waals surface area contributed by atoms with Crippen LogP contribution in [-0.2, 0) is 15.7 Å². The van der Waals surface area contributed by atoms with Gasteiger partial charge in [-0.05, 0) is 31.7 Å². The Balaban J connectivity index is 1.68. The molecule has 3 rings (SSSR count). The topological polar surface area (TPSA) is 60.5 Å². The number of carbonyl (C=O) groups excluding carboxylic acids is 1. The van der Waals surface area contributed by atoms with E-state index < -0.39 is 23.6 Å². The monoisotopic (exact) mass is 414 g/mol. The molecule has 1 N–H and O–H groups in total. The van der Waals surface area contributed by atoms with Gasteiger partial charge in [0.05, 0.1) is 11.5 Å². The van der Waals surface area contributed by atoms with Crippen molar-refractivity contribution in [3.63, 3.8) is 0 Å². The van der Waals surface area contributed by atoms with Crippen LogP contribution in [0.5, 0.6) is 5.88 Å². The summed E-state index contributed by atoms with van der Waals surface area (Å²) in [5.74, 6) is -0.107. The van der Waals surface area contributed by atoms with Crippen LogP contribution in [0.3, 0.4) is 0 Å². The van der Waals surface area contributed by atoms with Crippen molar-refractivity contribution in [2.45, 2.75) is 83.3 Å². The molecule has 2 fully saturated rings. The molecular weight excluding hydrogens is 385 g/mol. The molecule has 2 aliphatic rings. The number of alkyl halides is 3. The predicted molar refractivity (Wildman–Crippen MR) is 101 cm³/mol. The highest BCUT2D eigenvalue weighted by Gasteiger charge is 2.60. The first-order valence-electron chi connectivity index (χ1n) is 10.3. The fraction of sp³-hybridized carbons (Fsp3) is 0.714. The smallest absolute Gasteiger partial charge is 0.417 e. The largest absolute Gasteiger partial charge is 0.469 e. The third-order valence-electron chi connectivity index (χ3n) is 6.03. The molecule has 5 nitrogen and oxygen atoms in total. The molecule has 0 amide bonds. The molecule has 1 saturated heterocycles. The molecular formula is C21H29F3N2O3. The summed E-state index contributed by atoms with van der Waals surface area (Å²) in [6.07, 6.45) is 1.02. The molecule has 0 spiro atoms. The number of rotatable bonds is 8. The molecule has 5 unspecified atom stereocenters. The van der Waals surface area contributed by atoms with Crippen molar-refractivity contribution >= 4 is 5.97 Å². The van der Waals surface area contributed by atoms with E-state index in [1.54, 1.807) is 0 Å². The number of nitrogens with zero attached hydrogens (tertiary/aromatic N) is 1. The van der Waals surface area contributed by atoms with Crippen molar-refractivity contribution in [2.24, 2.45) is 11.8 Å². The second-order valence-electron chi connectivity index (χ2n) is 8.33. The maximum atomic E-state index is 12.7. The molecule has 8 heteroatoms. The van der Waals surface area contributed by atoms with E-state index in [0.717, 1.165) is 37.9 Å². The van der Waals surface area contributed by atoms with E-state index in [4.69, 9.17) is 9.47 Å². The third kappa shape index (κ3) is 4.85. The Bertz CT molecular complexity index is 706. The number of pyridine rings is 1. The molecule has 162 valence electrons. The Morgan fingerprint density at radius 1 is 1.38 bits per heavy atom. The Morgan fingerprint density at radius 2 is 2.14 bits per heavy atom. The Hall–Kier alpha value is -1.83. The van der Waals surface area contributed by atoms with E-state index in [-0.39, 0.29) is 29.7 Å². The predicted octanol–water partition coefficient (Wildman–Crippen LogP) is 4.71. The third-order valence-corrected chi connectivity index (χ3v) is 6.03. The van der Waals surface area contributed by atoms with Crippen LogP contribution in [0.2, 0.25) is 0 Å². The molecule has 1 aromatic rings. The molecule has 1 aliphatic heterocycles. The number of ether oxygens (including phenoxy) is 2. The van der Waals surface area contributed by atoms with Crippen LogP contribution in [0.15, 0.2) is 18.3 Å². The summed E-state index contributed by atoms with van der Waals surface area (Å²) in [6.45, 7) is 6.02. The lowest BCUT2D eigenvalue weighted by Crippen LogP contribution is -2.58. The lowest BCUT2D eigenvalue weighted by Gasteiger charge is -2.37. The Labute approximate surface area is 169 Å². The maximum absolute atomic E-state index is 12.7. The molecule has 5 atom stereocenters. The highest BCUT2D eigenvalue weighted by molar-refractivity contribution is 5.72. The van der Waals surface area contributed by atoms with Gasteiger partial charge in [0.2, 0.25) is 11.6 Å². The van der Waals surface area contributed by atoms with Gasteiger partial charge in [0.1, 0.15) is 0 Å². The average Bonchev–Trinajstić information content (AvgIpc) is 3.14. The number of hydrogen-bond acceptors (Lipinski definition) is 5. The van der Waals surface area contributed by atoms with E-state index in [1.807, 2.05) is 13.8 Å². The number of nitrogens with one attached hydrogen (secondary N) is 1. The maximum Gasteiger partial charge on any atom is 0.417 e. The minimum atomic E-state index is -4.44. The summed E-state index contributed by atoms with van der Waals surface area (Å²) in [5, 5.41) is 3.35. The SMILES string of the molecule is CCCCCC(C)C(=O)OC12CC(CC1Oc1ccc(C(F)(F)F)cn1)C(C)N2. The number of halogens is 3. The Kier molecular flexibility index (Phi) is 6.41. The molecule has 2 heterocycles. The van der Waals surface area contributed by atoms with Gasteiger partial charge in [-0.25, -0.2) is 4.98 Å². The van der Waals surface area contributed by atoms with Gasteiger partial charge >= 0.3 is 12.1 Å². The first-order chi connectivity index (χ1) is 13.6.